The summed E-state index contributed by atoms with van der Waals surface area (Å²) in [6.45, 7) is 7.97. The maximum absolute atomic E-state index is 12.9. The van der Waals surface area contributed by atoms with Gasteiger partial charge in [0.2, 0.25) is 5.91 Å². The lowest BCUT2D eigenvalue weighted by molar-refractivity contribution is -0.134. The van der Waals surface area contributed by atoms with Crippen LogP contribution in [0.3, 0.4) is 0 Å². The fraction of sp³-hybridized carbons (Fsp3) is 0.478. The molecule has 148 valence electrons. The molecule has 1 aromatic heterocycles. The molecule has 1 aromatic carbocycles. The van der Waals surface area contributed by atoms with E-state index in [9.17, 15) is 4.79 Å². The molecular formula is C23H30N4O. The summed E-state index contributed by atoms with van der Waals surface area (Å²) in [5, 5.41) is 0. The summed E-state index contributed by atoms with van der Waals surface area (Å²) < 4.78 is 0. The number of rotatable bonds is 7. The van der Waals surface area contributed by atoms with Crippen LogP contribution in [0, 0.1) is 6.92 Å². The number of piperazine rings is 1. The number of carbonyl (C=O) groups excluding carboxylic acids is 1. The van der Waals surface area contributed by atoms with Crippen LogP contribution in [-0.4, -0.2) is 64.4 Å². The molecule has 2 fully saturated rings. The summed E-state index contributed by atoms with van der Waals surface area (Å²) >= 11 is 0. The SMILES string of the molecule is Cc1ccccc1CN1CCN(C(=O)CN(Cc2ccccn2)C2CC2)CC1. The number of carbonyl (C=O) groups is 1. The highest BCUT2D eigenvalue weighted by Crippen LogP contribution is 2.28. The third-order valence-corrected chi connectivity index (χ3v) is 5.87. The van der Waals surface area contributed by atoms with Gasteiger partial charge in [-0.25, -0.2) is 0 Å². The quantitative estimate of drug-likeness (QED) is 0.743. The van der Waals surface area contributed by atoms with Crippen LogP contribution in [0.15, 0.2) is 48.7 Å². The van der Waals surface area contributed by atoms with Crippen LogP contribution in [0.2, 0.25) is 0 Å². The minimum atomic E-state index is 0.262. The second kappa shape index (κ2) is 8.84. The van der Waals surface area contributed by atoms with Gasteiger partial charge in [0.05, 0.1) is 12.2 Å². The summed E-state index contributed by atoms with van der Waals surface area (Å²) in [6.07, 6.45) is 4.23. The van der Waals surface area contributed by atoms with Crippen molar-refractivity contribution in [1.29, 1.82) is 0 Å². The highest BCUT2D eigenvalue weighted by molar-refractivity contribution is 5.78. The van der Waals surface area contributed by atoms with Crippen molar-refractivity contribution in [3.8, 4) is 0 Å². The number of aromatic nitrogens is 1. The average Bonchev–Trinajstić information content (AvgIpc) is 3.56. The number of nitrogens with zero attached hydrogens (tertiary/aromatic N) is 4. The highest BCUT2D eigenvalue weighted by Gasteiger charge is 2.32. The van der Waals surface area contributed by atoms with Crippen molar-refractivity contribution < 1.29 is 4.79 Å². The monoisotopic (exact) mass is 378 g/mol. The van der Waals surface area contributed by atoms with Gasteiger partial charge in [0, 0.05) is 51.5 Å². The van der Waals surface area contributed by atoms with E-state index in [1.54, 1.807) is 0 Å². The van der Waals surface area contributed by atoms with E-state index in [1.807, 2.05) is 29.3 Å². The zero-order valence-corrected chi connectivity index (χ0v) is 16.8. The maximum Gasteiger partial charge on any atom is 0.236 e. The van der Waals surface area contributed by atoms with Crippen molar-refractivity contribution in [2.45, 2.75) is 38.9 Å². The summed E-state index contributed by atoms with van der Waals surface area (Å²) in [4.78, 5) is 24.1. The fourth-order valence-electron chi connectivity index (χ4n) is 3.91. The molecule has 2 aromatic rings. The van der Waals surface area contributed by atoms with Gasteiger partial charge in [-0.05, 0) is 43.0 Å². The molecule has 0 atom stereocenters. The third-order valence-electron chi connectivity index (χ3n) is 5.87. The number of amides is 1. The molecule has 1 aliphatic carbocycles. The summed E-state index contributed by atoms with van der Waals surface area (Å²) in [6, 6.07) is 15.1. The molecule has 1 amide bonds. The molecule has 5 nitrogen and oxygen atoms in total. The van der Waals surface area contributed by atoms with Crippen LogP contribution in [-0.2, 0) is 17.9 Å². The van der Waals surface area contributed by atoms with Crippen molar-refractivity contribution in [3.05, 3.63) is 65.5 Å². The van der Waals surface area contributed by atoms with Crippen LogP contribution in [0.4, 0.5) is 0 Å². The van der Waals surface area contributed by atoms with E-state index in [0.717, 1.165) is 45.0 Å². The molecule has 1 saturated heterocycles. The van der Waals surface area contributed by atoms with E-state index in [4.69, 9.17) is 0 Å². The van der Waals surface area contributed by atoms with Crippen molar-refractivity contribution >= 4 is 5.91 Å². The smallest absolute Gasteiger partial charge is 0.236 e. The van der Waals surface area contributed by atoms with Gasteiger partial charge in [0.25, 0.3) is 0 Å². The Hall–Kier alpha value is -2.24. The molecule has 2 aliphatic rings. The topological polar surface area (TPSA) is 39.7 Å². The van der Waals surface area contributed by atoms with Crippen molar-refractivity contribution in [2.24, 2.45) is 0 Å². The van der Waals surface area contributed by atoms with Crippen molar-refractivity contribution in [2.75, 3.05) is 32.7 Å². The molecule has 0 unspecified atom stereocenters. The van der Waals surface area contributed by atoms with Crippen LogP contribution in [0.1, 0.15) is 29.7 Å². The molecule has 28 heavy (non-hydrogen) atoms. The molecule has 2 heterocycles. The number of benzene rings is 1. The van der Waals surface area contributed by atoms with Crippen LogP contribution >= 0.6 is 0 Å². The van der Waals surface area contributed by atoms with Gasteiger partial charge in [-0.2, -0.15) is 0 Å². The predicted molar refractivity (Wildman–Crippen MR) is 111 cm³/mol. The normalized spacial score (nSPS) is 17.9. The Kier molecular flexibility index (Phi) is 6.03. The first-order valence-electron chi connectivity index (χ1n) is 10.4. The molecule has 0 radical (unpaired) electrons. The molecule has 4 rings (SSSR count). The Morgan fingerprint density at radius 1 is 1.07 bits per heavy atom. The molecule has 0 spiro atoms. The Balaban J connectivity index is 1.28. The number of aryl methyl sites for hydroxylation is 1. The van der Waals surface area contributed by atoms with E-state index < -0.39 is 0 Å². The van der Waals surface area contributed by atoms with Gasteiger partial charge in [-0.3, -0.25) is 19.6 Å². The van der Waals surface area contributed by atoms with Crippen LogP contribution < -0.4 is 0 Å². The van der Waals surface area contributed by atoms with Crippen molar-refractivity contribution in [3.63, 3.8) is 0 Å². The molecule has 0 N–H and O–H groups in total. The zero-order valence-electron chi connectivity index (χ0n) is 16.8. The Morgan fingerprint density at radius 3 is 2.50 bits per heavy atom. The van der Waals surface area contributed by atoms with E-state index in [2.05, 4.69) is 46.0 Å². The minimum absolute atomic E-state index is 0.262. The largest absolute Gasteiger partial charge is 0.339 e. The second-order valence-corrected chi connectivity index (χ2v) is 8.04. The van der Waals surface area contributed by atoms with Gasteiger partial charge in [-0.15, -0.1) is 0 Å². The van der Waals surface area contributed by atoms with Gasteiger partial charge in [-0.1, -0.05) is 30.3 Å². The lowest BCUT2D eigenvalue weighted by Crippen LogP contribution is -2.51. The Morgan fingerprint density at radius 2 is 1.82 bits per heavy atom. The molecule has 1 aliphatic heterocycles. The van der Waals surface area contributed by atoms with E-state index in [-0.39, 0.29) is 5.91 Å². The van der Waals surface area contributed by atoms with Gasteiger partial charge >= 0.3 is 0 Å². The average molecular weight is 379 g/mol. The standard InChI is InChI=1S/C23H30N4O/c1-19-6-2-3-7-20(19)16-25-12-14-26(15-13-25)23(28)18-27(22-9-10-22)17-21-8-4-5-11-24-21/h2-8,11,22H,9-10,12-18H2,1H3. The van der Waals surface area contributed by atoms with Crippen LogP contribution in [0.25, 0.3) is 0 Å². The number of hydrogen-bond acceptors (Lipinski definition) is 4. The maximum atomic E-state index is 12.9. The van der Waals surface area contributed by atoms with Gasteiger partial charge in [0.1, 0.15) is 0 Å². The summed E-state index contributed by atoms with van der Waals surface area (Å²) in [5.74, 6) is 0.262. The first kappa shape index (κ1) is 19.1. The van der Waals surface area contributed by atoms with Crippen molar-refractivity contribution in [1.82, 2.24) is 19.7 Å². The van der Waals surface area contributed by atoms with Gasteiger partial charge < -0.3 is 4.90 Å². The molecule has 0 bridgehead atoms. The third kappa shape index (κ3) is 4.97. The lowest BCUT2D eigenvalue weighted by Gasteiger charge is -2.36. The first-order valence-corrected chi connectivity index (χ1v) is 10.4. The Labute approximate surface area is 168 Å². The molecule has 1 saturated carbocycles. The van der Waals surface area contributed by atoms with E-state index >= 15 is 0 Å². The number of pyridine rings is 1. The summed E-state index contributed by atoms with van der Waals surface area (Å²) in [5.41, 5.74) is 3.78. The molecular weight excluding hydrogens is 348 g/mol. The highest BCUT2D eigenvalue weighted by atomic mass is 16.2. The number of hydrogen-bond donors (Lipinski definition) is 0. The summed E-state index contributed by atoms with van der Waals surface area (Å²) in [7, 11) is 0. The fourth-order valence-corrected chi connectivity index (χ4v) is 3.91. The minimum Gasteiger partial charge on any atom is -0.339 e. The Bertz CT molecular complexity index is 782. The van der Waals surface area contributed by atoms with Gasteiger partial charge in [0.15, 0.2) is 0 Å². The van der Waals surface area contributed by atoms with E-state index in [0.29, 0.717) is 12.6 Å². The zero-order chi connectivity index (χ0) is 19.3. The van der Waals surface area contributed by atoms with Crippen LogP contribution in [0.5, 0.6) is 0 Å². The first-order chi connectivity index (χ1) is 13.7. The predicted octanol–water partition coefficient (Wildman–Crippen LogP) is 2.70. The second-order valence-electron chi connectivity index (χ2n) is 8.04. The molecule has 5 heteroatoms. The lowest BCUT2D eigenvalue weighted by atomic mass is 10.1. The van der Waals surface area contributed by atoms with E-state index in [1.165, 1.54) is 24.0 Å².